The number of hydrogen-bond donors (Lipinski definition) is 1. The maximum Gasteiger partial charge on any atom is 0.247 e. The fourth-order valence-electron chi connectivity index (χ4n) is 2.68. The van der Waals surface area contributed by atoms with E-state index in [2.05, 4.69) is 20.4 Å². The molecule has 3 rings (SSSR count). The summed E-state index contributed by atoms with van der Waals surface area (Å²) in [5.74, 6) is 0.571. The zero-order valence-corrected chi connectivity index (χ0v) is 12.6. The van der Waals surface area contributed by atoms with Gasteiger partial charge in [0.25, 0.3) is 0 Å². The van der Waals surface area contributed by atoms with Crippen LogP contribution in [0, 0.1) is 5.82 Å². The van der Waals surface area contributed by atoms with Gasteiger partial charge in [-0.3, -0.25) is 0 Å². The topological polar surface area (TPSA) is 54.2 Å². The Labute approximate surface area is 129 Å². The number of rotatable bonds is 6. The largest absolute Gasteiger partial charge is 0.419 e. The molecule has 0 radical (unpaired) electrons. The summed E-state index contributed by atoms with van der Waals surface area (Å²) >= 11 is 0. The summed E-state index contributed by atoms with van der Waals surface area (Å²) < 4.78 is 18.7. The lowest BCUT2D eigenvalue weighted by atomic mass is 10.1. The first kappa shape index (κ1) is 15.1. The van der Waals surface area contributed by atoms with Crippen molar-refractivity contribution in [3.63, 3.8) is 0 Å². The molecule has 0 spiro atoms. The molecule has 0 unspecified atom stereocenters. The van der Waals surface area contributed by atoms with E-state index in [9.17, 15) is 4.39 Å². The van der Waals surface area contributed by atoms with Gasteiger partial charge >= 0.3 is 0 Å². The zero-order chi connectivity index (χ0) is 15.2. The van der Waals surface area contributed by atoms with Crippen LogP contribution in [0.1, 0.15) is 25.2 Å². The average Bonchev–Trinajstić information content (AvgIpc) is 3.02. The van der Waals surface area contributed by atoms with Gasteiger partial charge in [-0.15, -0.1) is 10.2 Å². The van der Waals surface area contributed by atoms with Crippen molar-refractivity contribution < 1.29 is 8.81 Å². The highest BCUT2D eigenvalue weighted by Gasteiger charge is 2.11. The average molecular weight is 304 g/mol. The molecule has 2 aromatic rings. The maximum absolute atomic E-state index is 13.2. The monoisotopic (exact) mass is 304 g/mol. The van der Waals surface area contributed by atoms with E-state index in [1.54, 1.807) is 12.1 Å². The molecule has 6 heteroatoms. The Bertz CT molecular complexity index is 595. The lowest BCUT2D eigenvalue weighted by molar-refractivity contribution is 0.228. The second kappa shape index (κ2) is 7.47. The third kappa shape index (κ3) is 4.11. The van der Waals surface area contributed by atoms with Gasteiger partial charge in [-0.25, -0.2) is 4.39 Å². The number of aromatic nitrogens is 2. The summed E-state index contributed by atoms with van der Waals surface area (Å²) in [6.45, 7) is 4.89. The van der Waals surface area contributed by atoms with E-state index in [0.29, 0.717) is 23.9 Å². The van der Waals surface area contributed by atoms with Crippen molar-refractivity contribution in [3.8, 4) is 11.5 Å². The van der Waals surface area contributed by atoms with Crippen LogP contribution in [-0.2, 0) is 6.54 Å². The van der Waals surface area contributed by atoms with E-state index < -0.39 is 0 Å². The van der Waals surface area contributed by atoms with Crippen LogP contribution in [0.25, 0.3) is 11.5 Å². The summed E-state index contributed by atoms with van der Waals surface area (Å²) in [6.07, 6.45) is 3.97. The summed E-state index contributed by atoms with van der Waals surface area (Å²) in [5.41, 5.74) is 0.604. The number of nitrogens with one attached hydrogen (secondary N) is 1. The molecule has 1 fully saturated rings. The highest BCUT2D eigenvalue weighted by atomic mass is 19.1. The van der Waals surface area contributed by atoms with Crippen LogP contribution < -0.4 is 5.32 Å². The lowest BCUT2D eigenvalue weighted by Gasteiger charge is -2.26. The molecule has 1 N–H and O–H groups in total. The third-order valence-corrected chi connectivity index (χ3v) is 3.87. The van der Waals surface area contributed by atoms with E-state index in [1.807, 2.05) is 0 Å². The third-order valence-electron chi connectivity index (χ3n) is 3.87. The molecule has 1 aliphatic heterocycles. The van der Waals surface area contributed by atoms with Crippen molar-refractivity contribution in [2.24, 2.45) is 0 Å². The maximum atomic E-state index is 13.2. The lowest BCUT2D eigenvalue weighted by Crippen LogP contribution is -2.35. The van der Waals surface area contributed by atoms with Gasteiger partial charge in [0.15, 0.2) is 0 Å². The number of likely N-dealkylation sites (tertiary alicyclic amines) is 1. The molecule has 1 saturated heterocycles. The number of halogens is 1. The highest BCUT2D eigenvalue weighted by molar-refractivity contribution is 5.52. The molecule has 22 heavy (non-hydrogen) atoms. The van der Waals surface area contributed by atoms with Crippen molar-refractivity contribution in [1.82, 2.24) is 20.4 Å². The van der Waals surface area contributed by atoms with E-state index in [-0.39, 0.29) is 5.82 Å². The summed E-state index contributed by atoms with van der Waals surface area (Å²) in [5, 5.41) is 11.3. The number of hydrogen-bond acceptors (Lipinski definition) is 5. The Morgan fingerprint density at radius 3 is 2.86 bits per heavy atom. The van der Waals surface area contributed by atoms with Crippen LogP contribution in [0.4, 0.5) is 4.39 Å². The fourth-order valence-corrected chi connectivity index (χ4v) is 2.68. The molecule has 5 nitrogen and oxygen atoms in total. The Morgan fingerprint density at radius 1 is 1.18 bits per heavy atom. The predicted molar refractivity (Wildman–Crippen MR) is 81.7 cm³/mol. The molecule has 0 aliphatic carbocycles. The first-order chi connectivity index (χ1) is 10.8. The number of benzene rings is 1. The molecular weight excluding hydrogens is 283 g/mol. The minimum atomic E-state index is -0.308. The smallest absolute Gasteiger partial charge is 0.247 e. The Morgan fingerprint density at radius 2 is 2.05 bits per heavy atom. The van der Waals surface area contributed by atoms with Crippen LogP contribution in [0.15, 0.2) is 28.7 Å². The van der Waals surface area contributed by atoms with E-state index >= 15 is 0 Å². The van der Waals surface area contributed by atoms with Gasteiger partial charge in [0, 0.05) is 18.7 Å². The van der Waals surface area contributed by atoms with Crippen LogP contribution in [0.2, 0.25) is 0 Å². The molecule has 2 heterocycles. The molecule has 1 aliphatic rings. The minimum Gasteiger partial charge on any atom is -0.419 e. The van der Waals surface area contributed by atoms with Crippen molar-refractivity contribution in [2.45, 2.75) is 25.8 Å². The molecule has 1 aromatic heterocycles. The fraction of sp³-hybridized carbons (Fsp3) is 0.500. The molecule has 0 amide bonds. The molecule has 0 atom stereocenters. The molecule has 0 saturated carbocycles. The highest BCUT2D eigenvalue weighted by Crippen LogP contribution is 2.18. The zero-order valence-electron chi connectivity index (χ0n) is 12.6. The van der Waals surface area contributed by atoms with E-state index in [1.165, 1.54) is 44.5 Å². The van der Waals surface area contributed by atoms with E-state index in [0.717, 1.165) is 13.1 Å². The molecule has 118 valence electrons. The van der Waals surface area contributed by atoms with Crippen LogP contribution >= 0.6 is 0 Å². The summed E-state index contributed by atoms with van der Waals surface area (Å²) in [6, 6.07) is 6.17. The van der Waals surface area contributed by atoms with Crippen LogP contribution in [0.5, 0.6) is 0 Å². The second-order valence-electron chi connectivity index (χ2n) is 5.59. The summed E-state index contributed by atoms with van der Waals surface area (Å²) in [4.78, 5) is 2.47. The van der Waals surface area contributed by atoms with Crippen molar-refractivity contribution in [2.75, 3.05) is 26.2 Å². The van der Waals surface area contributed by atoms with Gasteiger partial charge in [0.1, 0.15) is 5.82 Å². The van der Waals surface area contributed by atoms with E-state index in [4.69, 9.17) is 4.42 Å². The van der Waals surface area contributed by atoms with Crippen LogP contribution in [0.3, 0.4) is 0 Å². The SMILES string of the molecule is Fc1cccc(-c2nnc(CNCCN3CCCCC3)o2)c1. The molecular formula is C16H21FN4O. The second-order valence-corrected chi connectivity index (χ2v) is 5.59. The first-order valence-corrected chi connectivity index (χ1v) is 7.83. The standard InChI is InChI=1S/C16H21FN4O/c17-14-6-4-5-13(11-14)16-20-19-15(22-16)12-18-7-10-21-8-2-1-3-9-21/h4-6,11,18H,1-3,7-10,12H2. The van der Waals surface area contributed by atoms with Gasteiger partial charge < -0.3 is 14.6 Å². The van der Waals surface area contributed by atoms with Crippen molar-refractivity contribution in [1.29, 1.82) is 0 Å². The quantitative estimate of drug-likeness (QED) is 0.831. The van der Waals surface area contributed by atoms with Gasteiger partial charge in [-0.2, -0.15) is 0 Å². The van der Waals surface area contributed by atoms with Crippen LogP contribution in [-0.4, -0.2) is 41.3 Å². The number of piperidine rings is 1. The molecule has 1 aromatic carbocycles. The van der Waals surface area contributed by atoms with Crippen molar-refractivity contribution in [3.05, 3.63) is 36.0 Å². The van der Waals surface area contributed by atoms with Gasteiger partial charge in [-0.05, 0) is 44.1 Å². The summed E-state index contributed by atoms with van der Waals surface area (Å²) in [7, 11) is 0. The first-order valence-electron chi connectivity index (χ1n) is 7.83. The Hall–Kier alpha value is -1.79. The van der Waals surface area contributed by atoms with Crippen molar-refractivity contribution >= 4 is 0 Å². The number of nitrogens with zero attached hydrogens (tertiary/aromatic N) is 3. The molecule has 0 bridgehead atoms. The van der Waals surface area contributed by atoms with Gasteiger partial charge in [-0.1, -0.05) is 12.5 Å². The Balaban J connectivity index is 1.45. The Kier molecular flexibility index (Phi) is 5.13. The van der Waals surface area contributed by atoms with Gasteiger partial charge in [0.2, 0.25) is 11.8 Å². The predicted octanol–water partition coefficient (Wildman–Crippen LogP) is 2.45. The minimum absolute atomic E-state index is 0.308. The van der Waals surface area contributed by atoms with Gasteiger partial charge in [0.05, 0.1) is 6.54 Å². The normalized spacial score (nSPS) is 16.0.